The SMILES string of the molecule is CCCNCC1(c2ccc(F)cc2F)CCC1. The van der Waals surface area contributed by atoms with Gasteiger partial charge in [-0.05, 0) is 37.4 Å². The van der Waals surface area contributed by atoms with Gasteiger partial charge in [-0.1, -0.05) is 19.4 Å². The Bertz CT molecular complexity index is 386. The lowest BCUT2D eigenvalue weighted by molar-refractivity contribution is 0.226. The van der Waals surface area contributed by atoms with Crippen molar-refractivity contribution < 1.29 is 8.78 Å². The number of benzene rings is 1. The summed E-state index contributed by atoms with van der Waals surface area (Å²) in [6.45, 7) is 3.85. The van der Waals surface area contributed by atoms with E-state index in [1.54, 1.807) is 6.07 Å². The maximum Gasteiger partial charge on any atom is 0.129 e. The van der Waals surface area contributed by atoms with E-state index in [0.717, 1.165) is 44.8 Å². The van der Waals surface area contributed by atoms with Gasteiger partial charge in [0.05, 0.1) is 0 Å². The zero-order valence-electron chi connectivity index (χ0n) is 10.2. The lowest BCUT2D eigenvalue weighted by Gasteiger charge is -2.43. The second-order valence-corrected chi connectivity index (χ2v) is 4.93. The van der Waals surface area contributed by atoms with Gasteiger partial charge >= 0.3 is 0 Å². The Kier molecular flexibility index (Phi) is 3.77. The zero-order chi connectivity index (χ0) is 12.3. The van der Waals surface area contributed by atoms with Crippen LogP contribution in [0.25, 0.3) is 0 Å². The van der Waals surface area contributed by atoms with Crippen LogP contribution in [-0.2, 0) is 5.41 Å². The maximum atomic E-state index is 13.8. The fourth-order valence-electron chi connectivity index (χ4n) is 2.57. The molecule has 1 aromatic rings. The van der Waals surface area contributed by atoms with Gasteiger partial charge < -0.3 is 5.32 Å². The number of nitrogens with one attached hydrogen (secondary N) is 1. The van der Waals surface area contributed by atoms with Crippen molar-refractivity contribution in [1.82, 2.24) is 5.32 Å². The lowest BCUT2D eigenvalue weighted by Crippen LogP contribution is -2.44. The van der Waals surface area contributed by atoms with Gasteiger partial charge in [-0.3, -0.25) is 0 Å². The third-order valence-corrected chi connectivity index (χ3v) is 3.70. The van der Waals surface area contributed by atoms with Crippen LogP contribution in [0.4, 0.5) is 8.78 Å². The third-order valence-electron chi connectivity index (χ3n) is 3.70. The van der Waals surface area contributed by atoms with Crippen molar-refractivity contribution in [2.75, 3.05) is 13.1 Å². The largest absolute Gasteiger partial charge is 0.316 e. The maximum absolute atomic E-state index is 13.8. The van der Waals surface area contributed by atoms with Crippen LogP contribution in [0.3, 0.4) is 0 Å². The van der Waals surface area contributed by atoms with Gasteiger partial charge in [-0.25, -0.2) is 8.78 Å². The third kappa shape index (κ3) is 2.49. The highest BCUT2D eigenvalue weighted by atomic mass is 19.1. The molecule has 0 aliphatic heterocycles. The average molecular weight is 239 g/mol. The highest BCUT2D eigenvalue weighted by Gasteiger charge is 2.40. The van der Waals surface area contributed by atoms with Crippen LogP contribution >= 0.6 is 0 Å². The van der Waals surface area contributed by atoms with Crippen molar-refractivity contribution in [2.45, 2.75) is 38.0 Å². The summed E-state index contributed by atoms with van der Waals surface area (Å²) < 4.78 is 26.7. The van der Waals surface area contributed by atoms with E-state index in [-0.39, 0.29) is 5.41 Å². The van der Waals surface area contributed by atoms with Gasteiger partial charge in [0, 0.05) is 18.0 Å². The van der Waals surface area contributed by atoms with Crippen LogP contribution in [0.15, 0.2) is 18.2 Å². The van der Waals surface area contributed by atoms with Crippen molar-refractivity contribution in [3.8, 4) is 0 Å². The predicted molar refractivity (Wildman–Crippen MR) is 65.0 cm³/mol. The number of halogens is 2. The van der Waals surface area contributed by atoms with E-state index in [9.17, 15) is 8.78 Å². The Balaban J connectivity index is 2.16. The van der Waals surface area contributed by atoms with E-state index in [1.807, 2.05) is 0 Å². The molecule has 17 heavy (non-hydrogen) atoms. The fraction of sp³-hybridized carbons (Fsp3) is 0.571. The molecule has 0 atom stereocenters. The molecule has 0 radical (unpaired) electrons. The van der Waals surface area contributed by atoms with Crippen LogP contribution in [-0.4, -0.2) is 13.1 Å². The standard InChI is InChI=1S/C14H19F2N/c1-2-8-17-10-14(6-3-7-14)12-5-4-11(15)9-13(12)16/h4-5,9,17H,2-3,6-8,10H2,1H3. The highest BCUT2D eigenvalue weighted by Crippen LogP contribution is 2.44. The minimum atomic E-state index is -0.498. The fourth-order valence-corrected chi connectivity index (χ4v) is 2.57. The minimum Gasteiger partial charge on any atom is -0.316 e. The molecule has 0 aromatic heterocycles. The summed E-state index contributed by atoms with van der Waals surface area (Å²) in [5, 5.41) is 3.36. The van der Waals surface area contributed by atoms with Crippen molar-refractivity contribution in [3.05, 3.63) is 35.4 Å². The van der Waals surface area contributed by atoms with E-state index in [2.05, 4.69) is 12.2 Å². The van der Waals surface area contributed by atoms with Crippen LogP contribution in [0.5, 0.6) is 0 Å². The molecule has 0 amide bonds. The van der Waals surface area contributed by atoms with Crippen molar-refractivity contribution >= 4 is 0 Å². The second kappa shape index (κ2) is 5.13. The van der Waals surface area contributed by atoms with Crippen LogP contribution in [0, 0.1) is 11.6 Å². The smallest absolute Gasteiger partial charge is 0.129 e. The first-order chi connectivity index (χ1) is 8.18. The summed E-state index contributed by atoms with van der Waals surface area (Å²) in [4.78, 5) is 0. The molecule has 1 N–H and O–H groups in total. The molecule has 1 aromatic carbocycles. The lowest BCUT2D eigenvalue weighted by atomic mass is 9.64. The first-order valence-electron chi connectivity index (χ1n) is 6.34. The first-order valence-corrected chi connectivity index (χ1v) is 6.34. The molecule has 1 aliphatic carbocycles. The highest BCUT2D eigenvalue weighted by molar-refractivity contribution is 5.30. The van der Waals surface area contributed by atoms with E-state index in [1.165, 1.54) is 6.07 Å². The molecule has 1 nitrogen and oxygen atoms in total. The second-order valence-electron chi connectivity index (χ2n) is 4.93. The molecule has 0 heterocycles. The Morgan fingerprint density at radius 2 is 2.06 bits per heavy atom. The number of hydrogen-bond acceptors (Lipinski definition) is 1. The molecule has 94 valence electrons. The first kappa shape index (κ1) is 12.5. The molecule has 1 aliphatic rings. The number of rotatable bonds is 5. The van der Waals surface area contributed by atoms with Crippen molar-refractivity contribution in [3.63, 3.8) is 0 Å². The van der Waals surface area contributed by atoms with Crippen LogP contribution in [0.1, 0.15) is 38.2 Å². The van der Waals surface area contributed by atoms with Crippen molar-refractivity contribution in [2.24, 2.45) is 0 Å². The van der Waals surface area contributed by atoms with Crippen molar-refractivity contribution in [1.29, 1.82) is 0 Å². The van der Waals surface area contributed by atoms with Crippen LogP contribution in [0.2, 0.25) is 0 Å². The van der Waals surface area contributed by atoms with Gasteiger partial charge in [0.25, 0.3) is 0 Å². The Morgan fingerprint density at radius 1 is 1.29 bits per heavy atom. The normalized spacial score (nSPS) is 17.8. The Labute approximate surface area is 101 Å². The number of hydrogen-bond donors (Lipinski definition) is 1. The van der Waals surface area contributed by atoms with Gasteiger partial charge in [-0.15, -0.1) is 0 Å². The molecule has 0 spiro atoms. The summed E-state index contributed by atoms with van der Waals surface area (Å²) in [5.74, 6) is -0.898. The summed E-state index contributed by atoms with van der Waals surface area (Å²) in [7, 11) is 0. The predicted octanol–water partition coefficient (Wildman–Crippen LogP) is 3.39. The molecule has 1 fully saturated rings. The molecular weight excluding hydrogens is 220 g/mol. The molecule has 0 unspecified atom stereocenters. The van der Waals surface area contributed by atoms with Gasteiger partial charge in [0.15, 0.2) is 0 Å². The molecule has 3 heteroatoms. The van der Waals surface area contributed by atoms with E-state index in [0.29, 0.717) is 5.56 Å². The van der Waals surface area contributed by atoms with Gasteiger partial charge in [-0.2, -0.15) is 0 Å². The Hall–Kier alpha value is -0.960. The average Bonchev–Trinajstić information content (AvgIpc) is 2.23. The zero-order valence-corrected chi connectivity index (χ0v) is 10.2. The summed E-state index contributed by atoms with van der Waals surface area (Å²) in [6.07, 6.45) is 4.19. The summed E-state index contributed by atoms with van der Waals surface area (Å²) in [5.41, 5.74) is 0.571. The van der Waals surface area contributed by atoms with Gasteiger partial charge in [0.2, 0.25) is 0 Å². The minimum absolute atomic E-state index is 0.104. The molecular formula is C14H19F2N. The van der Waals surface area contributed by atoms with E-state index in [4.69, 9.17) is 0 Å². The quantitative estimate of drug-likeness (QED) is 0.777. The Morgan fingerprint density at radius 3 is 2.59 bits per heavy atom. The van der Waals surface area contributed by atoms with E-state index < -0.39 is 11.6 Å². The molecule has 0 bridgehead atoms. The summed E-state index contributed by atoms with van der Waals surface area (Å²) in [6, 6.07) is 3.96. The van der Waals surface area contributed by atoms with Gasteiger partial charge in [0.1, 0.15) is 11.6 Å². The van der Waals surface area contributed by atoms with Crippen LogP contribution < -0.4 is 5.32 Å². The summed E-state index contributed by atoms with van der Waals surface area (Å²) >= 11 is 0. The topological polar surface area (TPSA) is 12.0 Å². The molecule has 1 saturated carbocycles. The molecule has 2 rings (SSSR count). The molecule has 0 saturated heterocycles. The monoisotopic (exact) mass is 239 g/mol. The van der Waals surface area contributed by atoms with E-state index >= 15 is 0 Å².